The highest BCUT2D eigenvalue weighted by Gasteiger charge is 2.32. The number of carbonyl (C=O) groups is 1. The number of carbonyl (C=O) groups excluding carboxylic acids is 1. The fourth-order valence-electron chi connectivity index (χ4n) is 2.79. The molecule has 0 unspecified atom stereocenters. The molecule has 0 aromatic heterocycles. The summed E-state index contributed by atoms with van der Waals surface area (Å²) in [4.78, 5) is 12.2. The summed E-state index contributed by atoms with van der Waals surface area (Å²) in [6.07, 6.45) is 2.07. The predicted octanol–water partition coefficient (Wildman–Crippen LogP) is 2.16. The molecule has 1 amide bonds. The van der Waals surface area contributed by atoms with E-state index in [-0.39, 0.29) is 23.7 Å². The van der Waals surface area contributed by atoms with Gasteiger partial charge in [0.15, 0.2) is 0 Å². The molecule has 0 spiro atoms. The van der Waals surface area contributed by atoms with Crippen molar-refractivity contribution >= 4 is 18.3 Å². The number of piperidine rings is 1. The highest BCUT2D eigenvalue weighted by atomic mass is 35.5. The van der Waals surface area contributed by atoms with Gasteiger partial charge in [0.1, 0.15) is 0 Å². The topological polar surface area (TPSA) is 50.4 Å². The third-order valence-corrected chi connectivity index (χ3v) is 4.02. The monoisotopic (exact) mass is 312 g/mol. The van der Waals surface area contributed by atoms with E-state index in [1.807, 2.05) is 31.2 Å². The van der Waals surface area contributed by atoms with E-state index >= 15 is 0 Å². The zero-order valence-corrected chi connectivity index (χ0v) is 13.6. The Bertz CT molecular complexity index is 454. The van der Waals surface area contributed by atoms with E-state index in [1.165, 1.54) is 0 Å². The molecular weight excluding hydrogens is 288 g/mol. The number of benzene rings is 1. The first-order valence-electron chi connectivity index (χ1n) is 7.20. The van der Waals surface area contributed by atoms with Crippen molar-refractivity contribution in [3.05, 3.63) is 35.4 Å². The van der Waals surface area contributed by atoms with E-state index in [0.29, 0.717) is 13.2 Å². The molecule has 1 saturated heterocycles. The number of hydrogen-bond acceptors (Lipinski definition) is 3. The van der Waals surface area contributed by atoms with Crippen molar-refractivity contribution in [2.75, 3.05) is 33.4 Å². The fourth-order valence-corrected chi connectivity index (χ4v) is 2.79. The Kier molecular flexibility index (Phi) is 7.15. The molecule has 2 N–H and O–H groups in total. The summed E-state index contributed by atoms with van der Waals surface area (Å²) in [7, 11) is 1.73. The minimum absolute atomic E-state index is 0. The van der Waals surface area contributed by atoms with Crippen LogP contribution in [-0.4, -0.2) is 39.3 Å². The van der Waals surface area contributed by atoms with Crippen LogP contribution in [0.1, 0.15) is 28.8 Å². The molecule has 0 aliphatic carbocycles. The molecule has 0 saturated carbocycles. The molecule has 0 atom stereocenters. The Morgan fingerprint density at radius 3 is 2.71 bits per heavy atom. The third-order valence-electron chi connectivity index (χ3n) is 4.02. The molecule has 1 aliphatic rings. The van der Waals surface area contributed by atoms with Crippen molar-refractivity contribution in [1.29, 1.82) is 0 Å². The van der Waals surface area contributed by atoms with Gasteiger partial charge in [-0.1, -0.05) is 17.7 Å². The molecular formula is C16H25ClN2O2. The van der Waals surface area contributed by atoms with Crippen LogP contribution >= 0.6 is 12.4 Å². The summed E-state index contributed by atoms with van der Waals surface area (Å²) >= 11 is 0. The first kappa shape index (κ1) is 18.0. The average molecular weight is 313 g/mol. The quantitative estimate of drug-likeness (QED) is 0.876. The van der Waals surface area contributed by atoms with Gasteiger partial charge in [0.05, 0.1) is 6.61 Å². The van der Waals surface area contributed by atoms with Crippen molar-refractivity contribution < 1.29 is 9.53 Å². The first-order chi connectivity index (χ1) is 9.65. The van der Waals surface area contributed by atoms with Gasteiger partial charge in [0.2, 0.25) is 0 Å². The largest absolute Gasteiger partial charge is 0.384 e. The lowest BCUT2D eigenvalue weighted by Gasteiger charge is -2.37. The Morgan fingerprint density at radius 2 is 2.10 bits per heavy atom. The molecule has 1 aromatic rings. The first-order valence-corrected chi connectivity index (χ1v) is 7.20. The van der Waals surface area contributed by atoms with Crippen molar-refractivity contribution in [2.24, 2.45) is 5.41 Å². The molecule has 1 aliphatic heterocycles. The Balaban J connectivity index is 0.00000220. The SMILES string of the molecule is COCC1(CNC(=O)c2cccc(C)c2)CCNCC1.Cl. The number of halogens is 1. The zero-order chi connectivity index (χ0) is 14.4. The van der Waals surface area contributed by atoms with Gasteiger partial charge in [0, 0.05) is 24.6 Å². The molecule has 5 heteroatoms. The molecule has 0 radical (unpaired) electrons. The van der Waals surface area contributed by atoms with Crippen LogP contribution < -0.4 is 10.6 Å². The van der Waals surface area contributed by atoms with Crippen molar-refractivity contribution in [3.63, 3.8) is 0 Å². The summed E-state index contributed by atoms with van der Waals surface area (Å²) in [6.45, 7) is 5.35. The van der Waals surface area contributed by atoms with E-state index < -0.39 is 0 Å². The molecule has 1 aromatic carbocycles. The molecule has 1 heterocycles. The lowest BCUT2D eigenvalue weighted by atomic mass is 9.79. The van der Waals surface area contributed by atoms with Gasteiger partial charge < -0.3 is 15.4 Å². The predicted molar refractivity (Wildman–Crippen MR) is 87.2 cm³/mol. The lowest BCUT2D eigenvalue weighted by molar-refractivity contribution is 0.0511. The maximum absolute atomic E-state index is 12.2. The van der Waals surface area contributed by atoms with Crippen LogP contribution in [0.5, 0.6) is 0 Å². The standard InChI is InChI=1S/C16H24N2O2.ClH/c1-13-4-3-5-14(10-13)15(19)18-11-16(12-20-2)6-8-17-9-7-16;/h3-5,10,17H,6-9,11-12H2,1-2H3,(H,18,19);1H. The second-order valence-electron chi connectivity index (χ2n) is 5.74. The summed E-state index contributed by atoms with van der Waals surface area (Å²) < 4.78 is 5.36. The third kappa shape index (κ3) is 4.99. The maximum atomic E-state index is 12.2. The second kappa shape index (κ2) is 8.37. The van der Waals surface area contributed by atoms with Crippen LogP contribution in [0, 0.1) is 12.3 Å². The number of rotatable bonds is 5. The van der Waals surface area contributed by atoms with Gasteiger partial charge in [-0.25, -0.2) is 0 Å². The van der Waals surface area contributed by atoms with Crippen LogP contribution in [0.3, 0.4) is 0 Å². The van der Waals surface area contributed by atoms with Crippen molar-refractivity contribution in [2.45, 2.75) is 19.8 Å². The van der Waals surface area contributed by atoms with E-state index in [0.717, 1.165) is 37.1 Å². The van der Waals surface area contributed by atoms with Crippen molar-refractivity contribution in [1.82, 2.24) is 10.6 Å². The van der Waals surface area contributed by atoms with Gasteiger partial charge >= 0.3 is 0 Å². The summed E-state index contributed by atoms with van der Waals surface area (Å²) in [5.41, 5.74) is 1.90. The number of nitrogens with one attached hydrogen (secondary N) is 2. The number of aryl methyl sites for hydroxylation is 1. The normalized spacial score (nSPS) is 16.9. The van der Waals surface area contributed by atoms with Gasteiger partial charge in [0.25, 0.3) is 5.91 Å². The lowest BCUT2D eigenvalue weighted by Crippen LogP contribution is -2.47. The summed E-state index contributed by atoms with van der Waals surface area (Å²) in [5.74, 6) is 0.00251. The molecule has 21 heavy (non-hydrogen) atoms. The minimum atomic E-state index is 0. The Hall–Kier alpha value is -1.10. The maximum Gasteiger partial charge on any atom is 0.251 e. The van der Waals surface area contributed by atoms with Crippen LogP contribution in [-0.2, 0) is 4.74 Å². The number of hydrogen-bond donors (Lipinski definition) is 2. The minimum Gasteiger partial charge on any atom is -0.384 e. The summed E-state index contributed by atoms with van der Waals surface area (Å²) in [6, 6.07) is 7.68. The number of methoxy groups -OCH3 is 1. The number of ether oxygens (including phenoxy) is 1. The van der Waals surface area contributed by atoms with Crippen LogP contribution in [0.15, 0.2) is 24.3 Å². The smallest absolute Gasteiger partial charge is 0.251 e. The van der Waals surface area contributed by atoms with Crippen LogP contribution in [0.4, 0.5) is 0 Å². The summed E-state index contributed by atoms with van der Waals surface area (Å²) in [5, 5.41) is 6.43. The molecule has 1 fully saturated rings. The Morgan fingerprint density at radius 1 is 1.38 bits per heavy atom. The van der Waals surface area contributed by atoms with Crippen molar-refractivity contribution in [3.8, 4) is 0 Å². The molecule has 0 bridgehead atoms. The Labute approximate surface area is 133 Å². The zero-order valence-electron chi connectivity index (χ0n) is 12.8. The molecule has 2 rings (SSSR count). The highest BCUT2D eigenvalue weighted by molar-refractivity contribution is 5.94. The second-order valence-corrected chi connectivity index (χ2v) is 5.74. The number of amides is 1. The average Bonchev–Trinajstić information content (AvgIpc) is 2.46. The van der Waals surface area contributed by atoms with Gasteiger partial charge in [-0.05, 0) is 45.0 Å². The van der Waals surface area contributed by atoms with E-state index in [2.05, 4.69) is 10.6 Å². The molecule has 118 valence electrons. The van der Waals surface area contributed by atoms with E-state index in [9.17, 15) is 4.79 Å². The molecule has 4 nitrogen and oxygen atoms in total. The van der Waals surface area contributed by atoms with Crippen LogP contribution in [0.25, 0.3) is 0 Å². The van der Waals surface area contributed by atoms with Gasteiger partial charge in [-0.15, -0.1) is 12.4 Å². The van der Waals surface area contributed by atoms with Gasteiger partial charge in [-0.2, -0.15) is 0 Å². The van der Waals surface area contributed by atoms with E-state index in [1.54, 1.807) is 7.11 Å². The van der Waals surface area contributed by atoms with Gasteiger partial charge in [-0.3, -0.25) is 4.79 Å². The fraction of sp³-hybridized carbons (Fsp3) is 0.562. The highest BCUT2D eigenvalue weighted by Crippen LogP contribution is 2.28. The van der Waals surface area contributed by atoms with Crippen LogP contribution in [0.2, 0.25) is 0 Å². The van der Waals surface area contributed by atoms with E-state index in [4.69, 9.17) is 4.74 Å².